The van der Waals surface area contributed by atoms with E-state index in [2.05, 4.69) is 43.3 Å². The van der Waals surface area contributed by atoms with Crippen LogP contribution in [-0.2, 0) is 4.79 Å². The van der Waals surface area contributed by atoms with Crippen LogP contribution in [0.2, 0.25) is 0 Å². The molecule has 17 heavy (non-hydrogen) atoms. The number of allylic oxidation sites excluding steroid dienone is 2. The van der Waals surface area contributed by atoms with Crippen LogP contribution < -0.4 is 0 Å². The van der Waals surface area contributed by atoms with Crippen molar-refractivity contribution in [3.8, 4) is 0 Å². The first-order valence-electron chi connectivity index (χ1n) is 6.52. The Kier molecular flexibility index (Phi) is 2.62. The van der Waals surface area contributed by atoms with Crippen LogP contribution in [0.15, 0.2) is 42.5 Å². The van der Waals surface area contributed by atoms with Crippen molar-refractivity contribution < 1.29 is 4.79 Å². The standard InChI is InChI=1S/C16H18O/c1-11-9-13-7-8-14(15(10-11)16(13)17)12-5-3-2-4-6-12/h2-8,11,13-15H,9-10H2,1H3/t11?,13?,14-,15?/m0/s1. The van der Waals surface area contributed by atoms with Crippen LogP contribution in [0.4, 0.5) is 0 Å². The number of carbonyl (C=O) groups is 1. The van der Waals surface area contributed by atoms with E-state index in [4.69, 9.17) is 0 Å². The van der Waals surface area contributed by atoms with Crippen LogP contribution in [-0.4, -0.2) is 5.78 Å². The number of rotatable bonds is 1. The topological polar surface area (TPSA) is 17.1 Å². The van der Waals surface area contributed by atoms with Crippen LogP contribution in [0.3, 0.4) is 0 Å². The highest BCUT2D eigenvalue weighted by Crippen LogP contribution is 2.43. The van der Waals surface area contributed by atoms with Crippen molar-refractivity contribution >= 4 is 5.78 Å². The van der Waals surface area contributed by atoms with Crippen LogP contribution in [0.25, 0.3) is 0 Å². The van der Waals surface area contributed by atoms with E-state index < -0.39 is 0 Å². The van der Waals surface area contributed by atoms with Gasteiger partial charge in [0.05, 0.1) is 0 Å². The summed E-state index contributed by atoms with van der Waals surface area (Å²) in [5.74, 6) is 1.88. The molecule has 1 aromatic carbocycles. The van der Waals surface area contributed by atoms with Gasteiger partial charge >= 0.3 is 0 Å². The molecule has 4 atom stereocenters. The third-order valence-corrected chi connectivity index (χ3v) is 4.21. The fourth-order valence-electron chi connectivity index (χ4n) is 3.37. The van der Waals surface area contributed by atoms with E-state index in [-0.39, 0.29) is 11.8 Å². The zero-order chi connectivity index (χ0) is 11.8. The van der Waals surface area contributed by atoms with Gasteiger partial charge in [-0.3, -0.25) is 4.79 Å². The molecule has 1 saturated carbocycles. The molecule has 1 aromatic rings. The lowest BCUT2D eigenvalue weighted by atomic mass is 9.65. The lowest BCUT2D eigenvalue weighted by Crippen LogP contribution is -2.37. The number of hydrogen-bond acceptors (Lipinski definition) is 1. The minimum atomic E-state index is 0.198. The Hall–Kier alpha value is -1.37. The van der Waals surface area contributed by atoms with Crippen molar-refractivity contribution in [3.63, 3.8) is 0 Å². The van der Waals surface area contributed by atoms with E-state index in [1.807, 2.05) is 6.07 Å². The quantitative estimate of drug-likeness (QED) is 0.669. The average Bonchev–Trinajstić information content (AvgIpc) is 2.33. The number of Topliss-reactive ketones (excluding diaryl/α,β-unsaturated/α-hetero) is 1. The zero-order valence-corrected chi connectivity index (χ0v) is 10.2. The molecule has 2 aliphatic rings. The van der Waals surface area contributed by atoms with Crippen LogP contribution in [0.5, 0.6) is 0 Å². The van der Waals surface area contributed by atoms with Gasteiger partial charge in [0.1, 0.15) is 5.78 Å². The average molecular weight is 226 g/mol. The predicted octanol–water partition coefficient (Wildman–Crippen LogP) is 3.57. The molecule has 1 nitrogen and oxygen atoms in total. The molecule has 1 fully saturated rings. The van der Waals surface area contributed by atoms with Gasteiger partial charge in [0.15, 0.2) is 0 Å². The number of fused-ring (bicyclic) bond motifs is 2. The van der Waals surface area contributed by atoms with Crippen molar-refractivity contribution in [3.05, 3.63) is 48.0 Å². The lowest BCUT2D eigenvalue weighted by Gasteiger charge is -2.38. The van der Waals surface area contributed by atoms with E-state index in [0.29, 0.717) is 17.6 Å². The maximum absolute atomic E-state index is 12.3. The molecule has 2 bridgehead atoms. The molecule has 0 spiro atoms. The van der Waals surface area contributed by atoms with Gasteiger partial charge in [0, 0.05) is 17.8 Å². The number of benzene rings is 1. The smallest absolute Gasteiger partial charge is 0.143 e. The Morgan fingerprint density at radius 3 is 2.59 bits per heavy atom. The summed E-state index contributed by atoms with van der Waals surface area (Å²) < 4.78 is 0. The van der Waals surface area contributed by atoms with E-state index in [0.717, 1.165) is 12.8 Å². The fraction of sp³-hybridized carbons (Fsp3) is 0.438. The first-order chi connectivity index (χ1) is 8.25. The Morgan fingerprint density at radius 1 is 1.06 bits per heavy atom. The first-order valence-corrected chi connectivity index (χ1v) is 6.52. The summed E-state index contributed by atoms with van der Waals surface area (Å²) in [7, 11) is 0. The SMILES string of the molecule is CC1CC2C=C[C@@H](c3ccccc3)C(C1)C2=O. The van der Waals surface area contributed by atoms with Gasteiger partial charge in [-0.2, -0.15) is 0 Å². The van der Waals surface area contributed by atoms with Gasteiger partial charge in [-0.25, -0.2) is 0 Å². The second kappa shape index (κ2) is 4.14. The summed E-state index contributed by atoms with van der Waals surface area (Å²) in [5, 5.41) is 0. The second-order valence-electron chi connectivity index (χ2n) is 5.51. The second-order valence-corrected chi connectivity index (χ2v) is 5.51. The number of carbonyl (C=O) groups excluding carboxylic acids is 1. The molecule has 0 N–H and O–H groups in total. The summed E-state index contributed by atoms with van der Waals surface area (Å²) >= 11 is 0. The minimum Gasteiger partial charge on any atom is -0.299 e. The Morgan fingerprint density at radius 2 is 1.82 bits per heavy atom. The van der Waals surface area contributed by atoms with Crippen molar-refractivity contribution in [2.75, 3.05) is 0 Å². The van der Waals surface area contributed by atoms with Crippen molar-refractivity contribution in [1.29, 1.82) is 0 Å². The van der Waals surface area contributed by atoms with Crippen LogP contribution in [0.1, 0.15) is 31.2 Å². The van der Waals surface area contributed by atoms with E-state index in [9.17, 15) is 4.79 Å². The third-order valence-electron chi connectivity index (χ3n) is 4.21. The normalized spacial score (nSPS) is 35.9. The van der Waals surface area contributed by atoms with Gasteiger partial charge in [-0.05, 0) is 24.3 Å². The van der Waals surface area contributed by atoms with Crippen LogP contribution in [0, 0.1) is 17.8 Å². The molecule has 0 amide bonds. The number of ketones is 1. The molecule has 1 heteroatoms. The Bertz CT molecular complexity index is 446. The predicted molar refractivity (Wildman–Crippen MR) is 68.7 cm³/mol. The summed E-state index contributed by atoms with van der Waals surface area (Å²) in [6.07, 6.45) is 6.51. The molecule has 0 aliphatic heterocycles. The molecule has 3 rings (SSSR count). The summed E-state index contributed by atoms with van der Waals surface area (Å²) in [6.45, 7) is 2.27. The molecule has 3 unspecified atom stereocenters. The molecule has 88 valence electrons. The molecule has 0 aromatic heterocycles. The summed E-state index contributed by atoms with van der Waals surface area (Å²) in [6, 6.07) is 10.4. The molecular formula is C16H18O. The Labute approximate surface area is 103 Å². The third kappa shape index (κ3) is 1.84. The van der Waals surface area contributed by atoms with E-state index in [1.54, 1.807) is 0 Å². The van der Waals surface area contributed by atoms with Gasteiger partial charge in [0.25, 0.3) is 0 Å². The molecule has 0 radical (unpaired) electrons. The maximum atomic E-state index is 12.3. The summed E-state index contributed by atoms with van der Waals surface area (Å²) in [4.78, 5) is 12.3. The highest BCUT2D eigenvalue weighted by atomic mass is 16.1. The van der Waals surface area contributed by atoms with Crippen LogP contribution >= 0.6 is 0 Å². The van der Waals surface area contributed by atoms with Crippen molar-refractivity contribution in [2.45, 2.75) is 25.7 Å². The van der Waals surface area contributed by atoms with Gasteiger partial charge in [0.2, 0.25) is 0 Å². The molecule has 0 saturated heterocycles. The molecular weight excluding hydrogens is 208 g/mol. The highest BCUT2D eigenvalue weighted by molar-refractivity contribution is 5.88. The highest BCUT2D eigenvalue weighted by Gasteiger charge is 2.40. The lowest BCUT2D eigenvalue weighted by molar-refractivity contribution is -0.129. The van der Waals surface area contributed by atoms with Gasteiger partial charge < -0.3 is 0 Å². The largest absolute Gasteiger partial charge is 0.299 e. The zero-order valence-electron chi connectivity index (χ0n) is 10.2. The van der Waals surface area contributed by atoms with Gasteiger partial charge in [-0.15, -0.1) is 0 Å². The molecule has 2 aliphatic carbocycles. The fourth-order valence-corrected chi connectivity index (χ4v) is 3.37. The monoisotopic (exact) mass is 226 g/mol. The maximum Gasteiger partial charge on any atom is 0.143 e. The number of hydrogen-bond donors (Lipinski definition) is 0. The summed E-state index contributed by atoms with van der Waals surface area (Å²) in [5.41, 5.74) is 1.29. The Balaban J connectivity index is 1.97. The molecule has 0 heterocycles. The van der Waals surface area contributed by atoms with Crippen molar-refractivity contribution in [1.82, 2.24) is 0 Å². The van der Waals surface area contributed by atoms with Gasteiger partial charge in [-0.1, -0.05) is 49.4 Å². The van der Waals surface area contributed by atoms with Crippen molar-refractivity contribution in [2.24, 2.45) is 17.8 Å². The first kappa shape index (κ1) is 10.8. The van der Waals surface area contributed by atoms with E-state index >= 15 is 0 Å². The minimum absolute atomic E-state index is 0.198. The van der Waals surface area contributed by atoms with E-state index in [1.165, 1.54) is 5.56 Å².